The fourth-order valence-corrected chi connectivity index (χ4v) is 1.80. The van der Waals surface area contributed by atoms with E-state index in [1.807, 2.05) is 25.1 Å². The minimum atomic E-state index is -0.504. The molecule has 13 heavy (non-hydrogen) atoms. The lowest BCUT2D eigenvalue weighted by atomic mass is 10.1. The maximum absolute atomic E-state index is 9.78. The van der Waals surface area contributed by atoms with E-state index in [2.05, 4.69) is 17.0 Å². The zero-order valence-electron chi connectivity index (χ0n) is 7.90. The Morgan fingerprint density at radius 3 is 2.54 bits per heavy atom. The summed E-state index contributed by atoms with van der Waals surface area (Å²) in [5.74, 6) is 0. The summed E-state index contributed by atoms with van der Waals surface area (Å²) in [6.07, 6.45) is 0.863. The molecule has 1 aliphatic heterocycles. The van der Waals surface area contributed by atoms with Gasteiger partial charge in [0.25, 0.3) is 0 Å². The van der Waals surface area contributed by atoms with Crippen molar-refractivity contribution in [1.82, 2.24) is 0 Å². The van der Waals surface area contributed by atoms with Gasteiger partial charge in [-0.15, -0.1) is 0 Å². The summed E-state index contributed by atoms with van der Waals surface area (Å²) in [6.45, 7) is 3.60. The van der Waals surface area contributed by atoms with Crippen LogP contribution in [0, 0.1) is 0 Å². The molecule has 0 spiro atoms. The number of hydrogen-bond donors (Lipinski definition) is 1. The van der Waals surface area contributed by atoms with Gasteiger partial charge >= 0.3 is 0 Å². The molecule has 1 aromatic carbocycles. The highest BCUT2D eigenvalue weighted by atomic mass is 16.3. The van der Waals surface area contributed by atoms with Crippen LogP contribution in [0.4, 0.5) is 5.69 Å². The van der Waals surface area contributed by atoms with Crippen LogP contribution < -0.4 is 4.90 Å². The molecule has 1 aromatic rings. The largest absolute Gasteiger partial charge is 0.388 e. The quantitative estimate of drug-likeness (QED) is 0.705. The van der Waals surface area contributed by atoms with Crippen LogP contribution in [0.5, 0.6) is 0 Å². The first-order chi connectivity index (χ1) is 6.17. The average Bonchev–Trinajstić information content (AvgIpc) is 2.48. The molecule has 0 aromatic heterocycles. The third-order valence-corrected chi connectivity index (χ3v) is 2.57. The smallest absolute Gasteiger partial charge is 0.0810 e. The molecule has 70 valence electrons. The van der Waals surface area contributed by atoms with E-state index in [-0.39, 0.29) is 0 Å². The number of aliphatic hydroxyl groups is 1. The summed E-state index contributed by atoms with van der Waals surface area (Å²) in [6, 6.07) is 10.2. The van der Waals surface area contributed by atoms with E-state index < -0.39 is 5.60 Å². The van der Waals surface area contributed by atoms with Gasteiger partial charge in [-0.1, -0.05) is 18.2 Å². The number of β-amino-alcohol motifs (C(OH)–C–C–N with tert-alkyl or cyclic N) is 1. The summed E-state index contributed by atoms with van der Waals surface area (Å²) in [7, 11) is 0. The Morgan fingerprint density at radius 2 is 2.00 bits per heavy atom. The van der Waals surface area contributed by atoms with Gasteiger partial charge in [-0.2, -0.15) is 0 Å². The maximum Gasteiger partial charge on any atom is 0.0810 e. The molecule has 0 aliphatic carbocycles. The van der Waals surface area contributed by atoms with Crippen LogP contribution in [-0.4, -0.2) is 23.8 Å². The first kappa shape index (κ1) is 8.57. The van der Waals surface area contributed by atoms with Crippen molar-refractivity contribution in [1.29, 1.82) is 0 Å². The highest BCUT2D eigenvalue weighted by molar-refractivity contribution is 5.47. The van der Waals surface area contributed by atoms with E-state index in [1.54, 1.807) is 0 Å². The first-order valence-corrected chi connectivity index (χ1v) is 4.70. The minimum absolute atomic E-state index is 0.504. The molecule has 1 aliphatic rings. The summed E-state index contributed by atoms with van der Waals surface area (Å²) < 4.78 is 0. The highest BCUT2D eigenvalue weighted by Gasteiger charge is 2.31. The predicted octanol–water partition coefficient (Wildman–Crippen LogP) is 1.65. The molecule has 0 bridgehead atoms. The predicted molar refractivity (Wildman–Crippen MR) is 53.9 cm³/mol. The summed E-state index contributed by atoms with van der Waals surface area (Å²) in [5.41, 5.74) is 0.704. The second kappa shape index (κ2) is 3.04. The molecule has 1 atom stereocenters. The molecule has 2 rings (SSSR count). The third kappa shape index (κ3) is 1.83. The van der Waals surface area contributed by atoms with E-state index >= 15 is 0 Å². The molecule has 1 heterocycles. The van der Waals surface area contributed by atoms with E-state index in [0.717, 1.165) is 19.5 Å². The lowest BCUT2D eigenvalue weighted by Crippen LogP contribution is -2.29. The van der Waals surface area contributed by atoms with Crippen LogP contribution in [0.3, 0.4) is 0 Å². The monoisotopic (exact) mass is 177 g/mol. The number of nitrogens with zero attached hydrogens (tertiary/aromatic N) is 1. The highest BCUT2D eigenvalue weighted by Crippen LogP contribution is 2.25. The van der Waals surface area contributed by atoms with Crippen LogP contribution in [-0.2, 0) is 0 Å². The summed E-state index contributed by atoms with van der Waals surface area (Å²) >= 11 is 0. The number of hydrogen-bond acceptors (Lipinski definition) is 2. The van der Waals surface area contributed by atoms with Crippen molar-refractivity contribution in [3.63, 3.8) is 0 Å². The number of para-hydroxylation sites is 1. The summed E-state index contributed by atoms with van der Waals surface area (Å²) in [5, 5.41) is 9.78. The van der Waals surface area contributed by atoms with E-state index in [4.69, 9.17) is 0 Å². The van der Waals surface area contributed by atoms with Crippen molar-refractivity contribution in [3.05, 3.63) is 30.3 Å². The number of anilines is 1. The first-order valence-electron chi connectivity index (χ1n) is 4.70. The molecule has 0 radical (unpaired) electrons. The Kier molecular flexibility index (Phi) is 2.00. The molecule has 0 amide bonds. The van der Waals surface area contributed by atoms with Crippen LogP contribution >= 0.6 is 0 Å². The van der Waals surface area contributed by atoms with Crippen LogP contribution in [0.2, 0.25) is 0 Å². The second-order valence-electron chi connectivity index (χ2n) is 4.00. The maximum atomic E-state index is 9.78. The van der Waals surface area contributed by atoms with Gasteiger partial charge in [0.1, 0.15) is 0 Å². The Bertz CT molecular complexity index is 281. The van der Waals surface area contributed by atoms with Crippen LogP contribution in [0.1, 0.15) is 13.3 Å². The van der Waals surface area contributed by atoms with Crippen molar-refractivity contribution >= 4 is 5.69 Å². The van der Waals surface area contributed by atoms with Crippen molar-refractivity contribution in [2.75, 3.05) is 18.0 Å². The molecule has 1 N–H and O–H groups in total. The van der Waals surface area contributed by atoms with Gasteiger partial charge in [0.05, 0.1) is 5.60 Å². The number of benzene rings is 1. The summed E-state index contributed by atoms with van der Waals surface area (Å²) in [4.78, 5) is 2.22. The van der Waals surface area contributed by atoms with E-state index in [0.29, 0.717) is 0 Å². The lowest BCUT2D eigenvalue weighted by Gasteiger charge is -2.20. The molecule has 2 nitrogen and oxygen atoms in total. The topological polar surface area (TPSA) is 23.5 Å². The number of rotatable bonds is 1. The zero-order valence-corrected chi connectivity index (χ0v) is 7.90. The SMILES string of the molecule is CC1(O)CCN(c2ccccc2)C1. The van der Waals surface area contributed by atoms with Crippen LogP contribution in [0.25, 0.3) is 0 Å². The molecule has 1 fully saturated rings. The Labute approximate surface area is 78.8 Å². The minimum Gasteiger partial charge on any atom is -0.388 e. The van der Waals surface area contributed by atoms with Gasteiger partial charge in [-0.3, -0.25) is 0 Å². The average molecular weight is 177 g/mol. The lowest BCUT2D eigenvalue weighted by molar-refractivity contribution is 0.0839. The molecule has 1 saturated heterocycles. The van der Waals surface area contributed by atoms with E-state index in [1.165, 1.54) is 5.69 Å². The fraction of sp³-hybridized carbons (Fsp3) is 0.455. The van der Waals surface area contributed by atoms with Crippen molar-refractivity contribution < 1.29 is 5.11 Å². The molecule has 2 heteroatoms. The standard InChI is InChI=1S/C11H15NO/c1-11(13)7-8-12(9-11)10-5-3-2-4-6-10/h2-6,13H,7-9H2,1H3. The molecule has 1 unspecified atom stereocenters. The second-order valence-corrected chi connectivity index (χ2v) is 4.00. The van der Waals surface area contributed by atoms with Crippen molar-refractivity contribution in [2.45, 2.75) is 18.9 Å². The van der Waals surface area contributed by atoms with Gasteiger partial charge in [0.2, 0.25) is 0 Å². The molecular formula is C11H15NO. The zero-order chi connectivity index (χ0) is 9.31. The van der Waals surface area contributed by atoms with Gasteiger partial charge in [0, 0.05) is 18.8 Å². The molecular weight excluding hydrogens is 162 g/mol. The van der Waals surface area contributed by atoms with Gasteiger partial charge in [-0.25, -0.2) is 0 Å². The normalized spacial score (nSPS) is 28.0. The Balaban J connectivity index is 2.13. The van der Waals surface area contributed by atoms with Gasteiger partial charge in [-0.05, 0) is 25.5 Å². The third-order valence-electron chi connectivity index (χ3n) is 2.57. The molecule has 0 saturated carbocycles. The Hall–Kier alpha value is -1.02. The van der Waals surface area contributed by atoms with E-state index in [9.17, 15) is 5.11 Å². The van der Waals surface area contributed by atoms with Crippen molar-refractivity contribution in [3.8, 4) is 0 Å². The van der Waals surface area contributed by atoms with Gasteiger partial charge < -0.3 is 10.0 Å². The fourth-order valence-electron chi connectivity index (χ4n) is 1.80. The van der Waals surface area contributed by atoms with Gasteiger partial charge in [0.15, 0.2) is 0 Å². The van der Waals surface area contributed by atoms with Crippen molar-refractivity contribution in [2.24, 2.45) is 0 Å². The Morgan fingerprint density at radius 1 is 1.31 bits per heavy atom. The van der Waals surface area contributed by atoms with Crippen LogP contribution in [0.15, 0.2) is 30.3 Å².